The number of nitrogens with one attached hydrogen (secondary N) is 4. The number of phenolic OH excluding ortho intramolecular Hbond substituents is 1. The Bertz CT molecular complexity index is 1180. The number of carbonyl (C=O) groups is 5. The summed E-state index contributed by atoms with van der Waals surface area (Å²) >= 11 is 1.53. The van der Waals surface area contributed by atoms with Gasteiger partial charge in [0.1, 0.15) is 17.8 Å². The molecular formula is C34H56ClN5O7S. The number of carbonyl (C=O) groups excluding carboxylic acids is 5. The number of aryl methyl sites for hydroxylation is 2. The zero-order valence-electron chi connectivity index (χ0n) is 28.9. The summed E-state index contributed by atoms with van der Waals surface area (Å²) in [6.45, 7) is 3.76. The van der Waals surface area contributed by atoms with E-state index in [-0.39, 0.29) is 43.0 Å². The first-order valence-corrected chi connectivity index (χ1v) is 18.1. The van der Waals surface area contributed by atoms with Crippen molar-refractivity contribution in [3.63, 3.8) is 0 Å². The predicted octanol–water partition coefficient (Wildman–Crippen LogP) is 2.96. The maximum atomic E-state index is 13.1. The summed E-state index contributed by atoms with van der Waals surface area (Å²) < 4.78 is 4.65. The van der Waals surface area contributed by atoms with Crippen LogP contribution in [-0.4, -0.2) is 85.0 Å². The smallest absolute Gasteiger partial charge is 0.305 e. The molecule has 14 heteroatoms. The van der Waals surface area contributed by atoms with Crippen LogP contribution in [0.15, 0.2) is 12.1 Å². The van der Waals surface area contributed by atoms with Crippen molar-refractivity contribution < 1.29 is 33.8 Å². The largest absolute Gasteiger partial charge is 0.508 e. The maximum absolute atomic E-state index is 13.1. The summed E-state index contributed by atoms with van der Waals surface area (Å²) in [6, 6.07) is 0.695. The number of thioether (sulfide) groups is 1. The van der Waals surface area contributed by atoms with Gasteiger partial charge in [0.25, 0.3) is 0 Å². The molecule has 1 aromatic carbocycles. The molecule has 0 aromatic heterocycles. The zero-order valence-corrected chi connectivity index (χ0v) is 30.5. The highest BCUT2D eigenvalue weighted by Crippen LogP contribution is 2.27. The molecule has 1 aliphatic carbocycles. The zero-order chi connectivity index (χ0) is 34.8. The number of phenols is 1. The first-order valence-electron chi connectivity index (χ1n) is 16.7. The van der Waals surface area contributed by atoms with E-state index in [0.29, 0.717) is 50.3 Å². The molecule has 0 unspecified atom stereocenters. The van der Waals surface area contributed by atoms with Crippen LogP contribution in [-0.2, 0) is 35.1 Å². The first-order chi connectivity index (χ1) is 22.4. The number of methoxy groups -OCH3 is 1. The molecule has 3 atom stereocenters. The van der Waals surface area contributed by atoms with Crippen molar-refractivity contribution in [2.24, 2.45) is 11.7 Å². The summed E-state index contributed by atoms with van der Waals surface area (Å²) in [7, 11) is 1.36. The molecule has 0 saturated heterocycles. The van der Waals surface area contributed by atoms with Crippen LogP contribution in [0.2, 0.25) is 0 Å². The number of esters is 1. The van der Waals surface area contributed by atoms with Crippen molar-refractivity contribution in [3.8, 4) is 5.75 Å². The highest BCUT2D eigenvalue weighted by molar-refractivity contribution is 7.98. The van der Waals surface area contributed by atoms with Gasteiger partial charge in [-0.3, -0.25) is 24.0 Å². The Morgan fingerprint density at radius 2 is 1.58 bits per heavy atom. The second-order valence-electron chi connectivity index (χ2n) is 12.5. The van der Waals surface area contributed by atoms with E-state index in [0.717, 1.165) is 48.8 Å². The van der Waals surface area contributed by atoms with Gasteiger partial charge in [0.15, 0.2) is 0 Å². The van der Waals surface area contributed by atoms with Crippen molar-refractivity contribution in [2.45, 2.75) is 109 Å². The molecule has 0 bridgehead atoms. The highest BCUT2D eigenvalue weighted by Gasteiger charge is 2.28. The van der Waals surface area contributed by atoms with Crippen molar-refractivity contribution in [1.29, 1.82) is 0 Å². The van der Waals surface area contributed by atoms with E-state index in [1.807, 2.05) is 20.1 Å². The van der Waals surface area contributed by atoms with Gasteiger partial charge in [0.2, 0.25) is 23.6 Å². The quantitative estimate of drug-likeness (QED) is 0.0872. The number of nitrogens with two attached hydrogens (primary N) is 1. The van der Waals surface area contributed by atoms with Crippen LogP contribution >= 0.6 is 24.2 Å². The van der Waals surface area contributed by atoms with Gasteiger partial charge in [-0.25, -0.2) is 0 Å². The minimum atomic E-state index is -0.920. The molecule has 7 N–H and O–H groups in total. The minimum absolute atomic E-state index is 0. The lowest BCUT2D eigenvalue weighted by molar-refractivity contribution is -0.140. The van der Waals surface area contributed by atoms with Crippen LogP contribution in [0.4, 0.5) is 0 Å². The molecule has 0 aliphatic heterocycles. The van der Waals surface area contributed by atoms with Gasteiger partial charge in [-0.2, -0.15) is 11.8 Å². The SMILES string of the molecule is COC(=O)CCCCCNC(=O)[C@H](CC1CCCCC1)NC(=O)CNC(=O)[C@@H](CCSC)NC(=O)[C@@H](N)Cc1c(C)cc(O)cc1C.Cl. The van der Waals surface area contributed by atoms with Crippen molar-refractivity contribution >= 4 is 53.8 Å². The van der Waals surface area contributed by atoms with Gasteiger partial charge in [-0.1, -0.05) is 38.5 Å². The van der Waals surface area contributed by atoms with E-state index in [1.54, 1.807) is 12.1 Å². The highest BCUT2D eigenvalue weighted by atomic mass is 35.5. The Balaban J connectivity index is 0.0000115. The molecule has 0 radical (unpaired) electrons. The molecule has 272 valence electrons. The van der Waals surface area contributed by atoms with Crippen LogP contribution in [0.3, 0.4) is 0 Å². The summed E-state index contributed by atoms with van der Waals surface area (Å²) in [5.74, 6) is -0.928. The van der Waals surface area contributed by atoms with Crippen LogP contribution in [0, 0.1) is 19.8 Å². The van der Waals surface area contributed by atoms with Gasteiger partial charge in [0, 0.05) is 13.0 Å². The monoisotopic (exact) mass is 713 g/mol. The van der Waals surface area contributed by atoms with Crippen LogP contribution in [0.5, 0.6) is 5.75 Å². The van der Waals surface area contributed by atoms with E-state index in [1.165, 1.54) is 25.3 Å². The molecular weight excluding hydrogens is 658 g/mol. The predicted molar refractivity (Wildman–Crippen MR) is 191 cm³/mol. The number of aromatic hydroxyl groups is 1. The molecule has 12 nitrogen and oxygen atoms in total. The summed E-state index contributed by atoms with van der Waals surface area (Å²) in [5.41, 5.74) is 8.73. The molecule has 4 amide bonds. The second-order valence-corrected chi connectivity index (χ2v) is 13.5. The van der Waals surface area contributed by atoms with E-state index in [9.17, 15) is 29.1 Å². The fourth-order valence-electron chi connectivity index (χ4n) is 5.92. The third-order valence-corrected chi connectivity index (χ3v) is 9.28. The molecule has 1 fully saturated rings. The van der Waals surface area contributed by atoms with Gasteiger partial charge in [-0.05, 0) is 92.7 Å². The lowest BCUT2D eigenvalue weighted by atomic mass is 9.84. The minimum Gasteiger partial charge on any atom is -0.508 e. The molecule has 0 spiro atoms. The van der Waals surface area contributed by atoms with Gasteiger partial charge < -0.3 is 36.8 Å². The fraction of sp³-hybridized carbons (Fsp3) is 0.676. The average molecular weight is 714 g/mol. The molecule has 2 rings (SSSR count). The lowest BCUT2D eigenvalue weighted by Crippen LogP contribution is -2.54. The number of benzene rings is 1. The standard InChI is InChI=1S/C34H55N5O7S.ClH/c1-22-17-25(40)18-23(2)26(22)20-27(35)32(43)39-28(14-16-47-4)33(44)37-21-30(41)38-29(19-24-11-7-5-8-12-24)34(45)36-15-10-6-9-13-31(42)46-3;/h17-18,24,27-29,40H,5-16,19-21,35H2,1-4H3,(H,36,45)(H,37,44)(H,38,41)(H,39,43);1H/t27-,28+,29-;/m0./s1. The number of ether oxygens (including phenoxy) is 1. The van der Waals surface area contributed by atoms with Crippen molar-refractivity contribution in [1.82, 2.24) is 21.3 Å². The summed E-state index contributed by atoms with van der Waals surface area (Å²) in [4.78, 5) is 63.6. The number of halogens is 1. The lowest BCUT2D eigenvalue weighted by Gasteiger charge is -2.27. The van der Waals surface area contributed by atoms with Gasteiger partial charge >= 0.3 is 5.97 Å². The molecule has 1 saturated carbocycles. The number of rotatable bonds is 20. The van der Waals surface area contributed by atoms with Crippen LogP contribution in [0.25, 0.3) is 0 Å². The van der Waals surface area contributed by atoms with Crippen molar-refractivity contribution in [3.05, 3.63) is 28.8 Å². The number of hydrogen-bond donors (Lipinski definition) is 6. The Labute approximate surface area is 295 Å². The second kappa shape index (κ2) is 23.3. The maximum Gasteiger partial charge on any atom is 0.305 e. The molecule has 48 heavy (non-hydrogen) atoms. The number of unbranched alkanes of at least 4 members (excludes halogenated alkanes) is 2. The molecule has 1 aromatic rings. The van der Waals surface area contributed by atoms with Crippen molar-refractivity contribution in [2.75, 3.05) is 32.2 Å². The van der Waals surface area contributed by atoms with Crippen LogP contribution < -0.4 is 27.0 Å². The molecule has 1 aliphatic rings. The Kier molecular flexibility index (Phi) is 20.9. The first kappa shape index (κ1) is 43.0. The Hall–Kier alpha value is -3.03. The summed E-state index contributed by atoms with van der Waals surface area (Å²) in [6.07, 6.45) is 10.9. The normalized spacial score (nSPS) is 14.9. The average Bonchev–Trinajstić information content (AvgIpc) is 3.04. The van der Waals surface area contributed by atoms with Gasteiger partial charge in [0.05, 0.1) is 19.7 Å². The third kappa shape index (κ3) is 15.9. The Morgan fingerprint density at radius 1 is 0.938 bits per heavy atom. The van der Waals surface area contributed by atoms with Crippen LogP contribution in [0.1, 0.15) is 87.3 Å². The van der Waals surface area contributed by atoms with E-state index in [4.69, 9.17) is 5.73 Å². The Morgan fingerprint density at radius 3 is 2.21 bits per heavy atom. The molecule has 0 heterocycles. The number of hydrogen-bond acceptors (Lipinski definition) is 9. The van der Waals surface area contributed by atoms with Gasteiger partial charge in [-0.15, -0.1) is 12.4 Å². The summed E-state index contributed by atoms with van der Waals surface area (Å²) in [5, 5.41) is 20.9. The topological polar surface area (TPSA) is 189 Å². The van der Waals surface area contributed by atoms with E-state index in [2.05, 4.69) is 26.0 Å². The third-order valence-electron chi connectivity index (χ3n) is 8.64. The van der Waals surface area contributed by atoms with E-state index >= 15 is 0 Å². The fourth-order valence-corrected chi connectivity index (χ4v) is 6.39. The van der Waals surface area contributed by atoms with E-state index < -0.39 is 35.8 Å². The number of amides is 4.